The first-order chi connectivity index (χ1) is 12.0. The second-order valence-electron chi connectivity index (χ2n) is 6.17. The van der Waals surface area contributed by atoms with E-state index in [0.717, 1.165) is 12.8 Å². The molecule has 25 heavy (non-hydrogen) atoms. The van der Waals surface area contributed by atoms with Crippen LogP contribution < -0.4 is 5.32 Å². The first-order valence-electron chi connectivity index (χ1n) is 8.45. The van der Waals surface area contributed by atoms with E-state index in [9.17, 15) is 8.42 Å². The van der Waals surface area contributed by atoms with Crippen molar-refractivity contribution < 1.29 is 8.42 Å². The van der Waals surface area contributed by atoms with Crippen LogP contribution in [-0.4, -0.2) is 43.9 Å². The summed E-state index contributed by atoms with van der Waals surface area (Å²) < 4.78 is 26.5. The Morgan fingerprint density at radius 2 is 1.68 bits per heavy atom. The molecule has 2 aliphatic rings. The molecule has 0 atom stereocenters. The normalized spacial score (nSPS) is 18.3. The largest absolute Gasteiger partial charge is 0.317 e. The molecule has 2 aliphatic heterocycles. The zero-order chi connectivity index (χ0) is 17.9. The van der Waals surface area contributed by atoms with Gasteiger partial charge in [0.2, 0.25) is 10.0 Å². The smallest absolute Gasteiger partial charge is 0.243 e. The minimum atomic E-state index is -3.46. The first-order valence-corrected chi connectivity index (χ1v) is 10.6. The van der Waals surface area contributed by atoms with Crippen LogP contribution in [0.3, 0.4) is 0 Å². The summed E-state index contributed by atoms with van der Waals surface area (Å²) in [6.07, 6.45) is 6.04. The summed E-state index contributed by atoms with van der Waals surface area (Å²) in [5.41, 5.74) is 0. The lowest BCUT2D eigenvalue weighted by Gasteiger charge is -2.16. The molecule has 0 amide bonds. The number of hydrogen-bond acceptors (Lipinski definition) is 4. The van der Waals surface area contributed by atoms with E-state index < -0.39 is 10.0 Å². The van der Waals surface area contributed by atoms with E-state index in [4.69, 9.17) is 23.2 Å². The van der Waals surface area contributed by atoms with Gasteiger partial charge in [0.05, 0.1) is 9.92 Å². The summed E-state index contributed by atoms with van der Waals surface area (Å²) in [6, 6.07) is 4.79. The molecule has 0 unspecified atom stereocenters. The molecule has 136 valence electrons. The van der Waals surface area contributed by atoms with Gasteiger partial charge < -0.3 is 5.32 Å². The summed E-state index contributed by atoms with van der Waals surface area (Å²) in [7, 11) is -3.46. The number of nitrogens with zero attached hydrogens (tertiary/aromatic N) is 2. The van der Waals surface area contributed by atoms with Gasteiger partial charge in [-0.15, -0.1) is 0 Å². The van der Waals surface area contributed by atoms with E-state index in [1.807, 2.05) is 0 Å². The van der Waals surface area contributed by atoms with Crippen LogP contribution in [0.2, 0.25) is 10.2 Å². The van der Waals surface area contributed by atoms with Gasteiger partial charge in [-0.3, -0.25) is 0 Å². The monoisotopic (exact) mass is 401 g/mol. The van der Waals surface area contributed by atoms with Crippen LogP contribution in [0.5, 0.6) is 0 Å². The van der Waals surface area contributed by atoms with Crippen molar-refractivity contribution in [3.8, 4) is 0 Å². The molecule has 5 nitrogen and oxygen atoms in total. The average Bonchev–Trinajstić information content (AvgIpc) is 3.34. The quantitative estimate of drug-likeness (QED) is 0.779. The Morgan fingerprint density at radius 3 is 2.28 bits per heavy atom. The minimum absolute atomic E-state index is 0.234. The summed E-state index contributed by atoms with van der Waals surface area (Å²) in [5.74, 6) is 0. The molecule has 1 N–H and O–H groups in total. The lowest BCUT2D eigenvalue weighted by atomic mass is 10.2. The average molecular weight is 402 g/mol. The van der Waals surface area contributed by atoms with Crippen LogP contribution >= 0.6 is 23.2 Å². The zero-order valence-electron chi connectivity index (χ0n) is 13.8. The van der Waals surface area contributed by atoms with Gasteiger partial charge in [0.15, 0.2) is 0 Å². The first kappa shape index (κ1) is 18.9. The zero-order valence-corrected chi connectivity index (χ0v) is 16.2. The van der Waals surface area contributed by atoms with Crippen molar-refractivity contribution in [3.63, 3.8) is 0 Å². The molecule has 3 heterocycles. The molecule has 8 heteroatoms. The number of nitrogens with one attached hydrogen (secondary N) is 1. The predicted octanol–water partition coefficient (Wildman–Crippen LogP) is 3.70. The molecule has 0 bridgehead atoms. The van der Waals surface area contributed by atoms with Gasteiger partial charge in [-0.25, -0.2) is 13.4 Å². The Balaban J connectivity index is 0.000000314. The van der Waals surface area contributed by atoms with E-state index in [1.165, 1.54) is 36.4 Å². The van der Waals surface area contributed by atoms with Gasteiger partial charge in [0.25, 0.3) is 0 Å². The number of halogens is 2. The highest BCUT2D eigenvalue weighted by molar-refractivity contribution is 7.89. The third kappa shape index (κ3) is 4.26. The Labute approximate surface area is 158 Å². The Morgan fingerprint density at radius 1 is 1.00 bits per heavy atom. The lowest BCUT2D eigenvalue weighted by Crippen LogP contribution is -2.27. The third-order valence-corrected chi connectivity index (χ3v) is 6.92. The fraction of sp³-hybridized carbons (Fsp3) is 0.471. The minimum Gasteiger partial charge on any atom is -0.317 e. The van der Waals surface area contributed by atoms with Crippen molar-refractivity contribution >= 4 is 44.0 Å². The number of rotatable bonds is 2. The predicted molar refractivity (Wildman–Crippen MR) is 102 cm³/mol. The van der Waals surface area contributed by atoms with Crippen molar-refractivity contribution in [2.75, 3.05) is 26.2 Å². The van der Waals surface area contributed by atoms with E-state index in [1.54, 1.807) is 18.2 Å². The van der Waals surface area contributed by atoms with E-state index >= 15 is 0 Å². The molecule has 0 radical (unpaired) electrons. The lowest BCUT2D eigenvalue weighted by molar-refractivity contribution is 0.477. The maximum Gasteiger partial charge on any atom is 0.243 e. The molecule has 0 spiro atoms. The van der Waals surface area contributed by atoms with Crippen LogP contribution in [0.25, 0.3) is 10.8 Å². The highest BCUT2D eigenvalue weighted by Crippen LogP contribution is 2.31. The molecule has 2 aromatic rings. The second-order valence-corrected chi connectivity index (χ2v) is 8.88. The summed E-state index contributed by atoms with van der Waals surface area (Å²) >= 11 is 12.1. The highest BCUT2D eigenvalue weighted by Gasteiger charge is 2.27. The van der Waals surface area contributed by atoms with Crippen molar-refractivity contribution in [2.24, 2.45) is 0 Å². The Bertz CT molecular complexity index is 841. The van der Waals surface area contributed by atoms with Gasteiger partial charge in [0.1, 0.15) is 5.15 Å². The van der Waals surface area contributed by atoms with Crippen molar-refractivity contribution in [3.05, 3.63) is 34.6 Å². The number of sulfonamides is 1. The molecule has 2 saturated heterocycles. The molecular weight excluding hydrogens is 381 g/mol. The standard InChI is InChI=1S/C13H12Cl2N2O2S.C4H9N/c14-12-8-16-13(15)11-7-9(3-4-10(11)12)20(18,19)17-5-1-2-6-17;1-2-4-5-3-1/h3-4,7-8H,1-2,5-6H2;5H,1-4H2. The van der Waals surface area contributed by atoms with Crippen LogP contribution in [0, 0.1) is 0 Å². The number of benzene rings is 1. The molecule has 0 aliphatic carbocycles. The van der Waals surface area contributed by atoms with Gasteiger partial charge in [-0.2, -0.15) is 4.31 Å². The van der Waals surface area contributed by atoms with Crippen molar-refractivity contribution in [1.29, 1.82) is 0 Å². The Hall–Kier alpha value is -0.920. The van der Waals surface area contributed by atoms with Crippen LogP contribution in [0.4, 0.5) is 0 Å². The molecular formula is C17H21Cl2N3O2S. The number of hydrogen-bond donors (Lipinski definition) is 1. The third-order valence-electron chi connectivity index (χ3n) is 4.42. The maximum atomic E-state index is 12.5. The molecule has 1 aromatic carbocycles. The van der Waals surface area contributed by atoms with Gasteiger partial charge >= 0.3 is 0 Å². The van der Waals surface area contributed by atoms with E-state index in [-0.39, 0.29) is 10.0 Å². The van der Waals surface area contributed by atoms with Crippen LogP contribution in [0.15, 0.2) is 29.3 Å². The number of aromatic nitrogens is 1. The van der Waals surface area contributed by atoms with Crippen molar-refractivity contribution in [2.45, 2.75) is 30.6 Å². The molecule has 4 rings (SSSR count). The maximum absolute atomic E-state index is 12.5. The summed E-state index contributed by atoms with van der Waals surface area (Å²) in [4.78, 5) is 4.19. The summed E-state index contributed by atoms with van der Waals surface area (Å²) in [5, 5.41) is 5.18. The topological polar surface area (TPSA) is 62.3 Å². The number of pyridine rings is 1. The molecule has 1 aromatic heterocycles. The van der Waals surface area contributed by atoms with Gasteiger partial charge in [-0.05, 0) is 50.9 Å². The molecule has 2 fully saturated rings. The summed E-state index contributed by atoms with van der Waals surface area (Å²) in [6.45, 7) is 3.64. The van der Waals surface area contributed by atoms with E-state index in [0.29, 0.717) is 28.9 Å². The fourth-order valence-corrected chi connectivity index (χ4v) is 4.98. The van der Waals surface area contributed by atoms with Crippen molar-refractivity contribution in [1.82, 2.24) is 14.6 Å². The van der Waals surface area contributed by atoms with Crippen LogP contribution in [-0.2, 0) is 10.0 Å². The van der Waals surface area contributed by atoms with E-state index in [2.05, 4.69) is 10.3 Å². The Kier molecular flexibility index (Phi) is 6.17. The van der Waals surface area contributed by atoms with Gasteiger partial charge in [-0.1, -0.05) is 29.3 Å². The molecule has 0 saturated carbocycles. The second kappa shape index (κ2) is 8.18. The SMILES string of the molecule is C1CCNC1.O=S(=O)(c1ccc2c(Cl)cnc(Cl)c2c1)N1CCCC1. The van der Waals surface area contributed by atoms with Gasteiger partial charge in [0, 0.05) is 30.1 Å². The van der Waals surface area contributed by atoms with Crippen LogP contribution in [0.1, 0.15) is 25.7 Å². The fourth-order valence-electron chi connectivity index (χ4n) is 3.02. The number of fused-ring (bicyclic) bond motifs is 1. The highest BCUT2D eigenvalue weighted by atomic mass is 35.5.